The molecule has 0 radical (unpaired) electrons. The predicted octanol–water partition coefficient (Wildman–Crippen LogP) is 2.19. The van der Waals surface area contributed by atoms with Crippen LogP contribution < -0.4 is 5.32 Å². The maximum absolute atomic E-state index is 11.0. The number of carboxylic acid groups (broad SMARTS) is 1. The number of rotatable bonds is 5. The Morgan fingerprint density at radius 1 is 1.56 bits per heavy atom. The minimum atomic E-state index is -0.962. The van der Waals surface area contributed by atoms with Gasteiger partial charge in [0.05, 0.1) is 6.54 Å². The highest BCUT2D eigenvalue weighted by Crippen LogP contribution is 2.18. The summed E-state index contributed by atoms with van der Waals surface area (Å²) in [5.41, 5.74) is 0.131. The number of nitrogens with zero attached hydrogens (tertiary/aromatic N) is 2. The quantitative estimate of drug-likeness (QED) is 0.841. The molecule has 2 N–H and O–H groups in total. The van der Waals surface area contributed by atoms with E-state index in [0.717, 1.165) is 5.82 Å². The van der Waals surface area contributed by atoms with Crippen LogP contribution in [-0.4, -0.2) is 26.7 Å². The molecule has 1 saturated carbocycles. The lowest BCUT2D eigenvalue weighted by Gasteiger charge is -2.14. The molecule has 0 unspecified atom stereocenters. The van der Waals surface area contributed by atoms with Crippen LogP contribution in [0, 0.1) is 0 Å². The molecule has 2 rings (SSSR count). The van der Waals surface area contributed by atoms with E-state index in [1.54, 1.807) is 6.20 Å². The lowest BCUT2D eigenvalue weighted by Crippen LogP contribution is -2.27. The summed E-state index contributed by atoms with van der Waals surface area (Å²) in [7, 11) is 0. The van der Waals surface area contributed by atoms with Gasteiger partial charge in [0.15, 0.2) is 5.69 Å². The number of hydrogen-bond donors (Lipinski definition) is 2. The van der Waals surface area contributed by atoms with E-state index in [0.29, 0.717) is 12.6 Å². The number of nitrogens with one attached hydrogen (secondary N) is 1. The molecule has 5 heteroatoms. The van der Waals surface area contributed by atoms with E-state index in [2.05, 4.69) is 10.3 Å². The Kier molecular flexibility index (Phi) is 4.01. The first-order chi connectivity index (χ1) is 8.58. The number of carboxylic acids is 1. The number of aromatic nitrogens is 2. The molecule has 1 aromatic rings. The van der Waals surface area contributed by atoms with E-state index in [1.165, 1.54) is 25.7 Å². The molecule has 18 heavy (non-hydrogen) atoms. The molecule has 1 fully saturated rings. The lowest BCUT2D eigenvalue weighted by atomic mass is 10.2. The summed E-state index contributed by atoms with van der Waals surface area (Å²) in [6.45, 7) is 4.72. The minimum Gasteiger partial charge on any atom is -0.476 e. The van der Waals surface area contributed by atoms with E-state index in [1.807, 2.05) is 18.4 Å². The van der Waals surface area contributed by atoms with Crippen LogP contribution in [0.3, 0.4) is 0 Å². The predicted molar refractivity (Wildman–Crippen MR) is 68.7 cm³/mol. The van der Waals surface area contributed by atoms with Gasteiger partial charge in [-0.15, -0.1) is 0 Å². The third kappa shape index (κ3) is 2.90. The van der Waals surface area contributed by atoms with Gasteiger partial charge in [-0.05, 0) is 26.7 Å². The van der Waals surface area contributed by atoms with Gasteiger partial charge in [0, 0.05) is 18.3 Å². The van der Waals surface area contributed by atoms with Gasteiger partial charge in [-0.25, -0.2) is 9.78 Å². The van der Waals surface area contributed by atoms with E-state index in [-0.39, 0.29) is 11.7 Å². The number of imidazole rings is 1. The Morgan fingerprint density at radius 2 is 2.22 bits per heavy atom. The van der Waals surface area contributed by atoms with Crippen LogP contribution in [0.4, 0.5) is 0 Å². The number of hydrogen-bond acceptors (Lipinski definition) is 3. The van der Waals surface area contributed by atoms with Crippen LogP contribution in [0.1, 0.15) is 61.9 Å². The van der Waals surface area contributed by atoms with Gasteiger partial charge in [-0.2, -0.15) is 0 Å². The van der Waals surface area contributed by atoms with Crippen molar-refractivity contribution >= 4 is 5.97 Å². The molecule has 0 bridgehead atoms. The SMILES string of the molecule is CC(C)n1cc(C(=O)O)nc1CNC1CCCC1. The van der Waals surface area contributed by atoms with Crippen molar-refractivity contribution in [2.45, 2.75) is 58.2 Å². The maximum atomic E-state index is 11.0. The van der Waals surface area contributed by atoms with Crippen molar-refractivity contribution in [3.63, 3.8) is 0 Å². The van der Waals surface area contributed by atoms with Gasteiger partial charge in [-0.1, -0.05) is 12.8 Å². The summed E-state index contributed by atoms with van der Waals surface area (Å²) >= 11 is 0. The second kappa shape index (κ2) is 5.52. The zero-order valence-electron chi connectivity index (χ0n) is 11.0. The third-order valence-corrected chi connectivity index (χ3v) is 3.49. The Hall–Kier alpha value is -1.36. The largest absolute Gasteiger partial charge is 0.476 e. The molecule has 0 amide bonds. The second-order valence-electron chi connectivity index (χ2n) is 5.21. The average molecular weight is 251 g/mol. The molecular formula is C13H21N3O2. The zero-order chi connectivity index (χ0) is 13.1. The van der Waals surface area contributed by atoms with E-state index in [4.69, 9.17) is 5.11 Å². The highest BCUT2D eigenvalue weighted by Gasteiger charge is 2.18. The Labute approximate surface area is 107 Å². The van der Waals surface area contributed by atoms with E-state index < -0.39 is 5.97 Å². The van der Waals surface area contributed by atoms with Crippen LogP contribution in [0.5, 0.6) is 0 Å². The fraction of sp³-hybridized carbons (Fsp3) is 0.692. The second-order valence-corrected chi connectivity index (χ2v) is 5.21. The molecule has 100 valence electrons. The summed E-state index contributed by atoms with van der Waals surface area (Å²) in [6.07, 6.45) is 6.63. The van der Waals surface area contributed by atoms with Gasteiger partial charge >= 0.3 is 5.97 Å². The first-order valence-electron chi connectivity index (χ1n) is 6.62. The van der Waals surface area contributed by atoms with Crippen molar-refractivity contribution in [2.24, 2.45) is 0 Å². The van der Waals surface area contributed by atoms with E-state index in [9.17, 15) is 4.79 Å². The third-order valence-electron chi connectivity index (χ3n) is 3.49. The van der Waals surface area contributed by atoms with Gasteiger partial charge in [0.1, 0.15) is 5.82 Å². The summed E-state index contributed by atoms with van der Waals surface area (Å²) < 4.78 is 1.94. The van der Waals surface area contributed by atoms with Crippen molar-refractivity contribution in [1.82, 2.24) is 14.9 Å². The van der Waals surface area contributed by atoms with Gasteiger partial charge in [0.25, 0.3) is 0 Å². The summed E-state index contributed by atoms with van der Waals surface area (Å²) in [5, 5.41) is 12.5. The standard InChI is InChI=1S/C13H21N3O2/c1-9(2)16-8-11(13(17)18)15-12(16)7-14-10-5-3-4-6-10/h8-10,14H,3-7H2,1-2H3,(H,17,18). The minimum absolute atomic E-state index is 0.131. The van der Waals surface area contributed by atoms with Crippen LogP contribution in [0.2, 0.25) is 0 Å². The molecule has 0 atom stereocenters. The fourth-order valence-electron chi connectivity index (χ4n) is 2.48. The monoisotopic (exact) mass is 251 g/mol. The molecule has 1 aliphatic rings. The Bertz CT molecular complexity index is 420. The highest BCUT2D eigenvalue weighted by molar-refractivity contribution is 5.85. The van der Waals surface area contributed by atoms with E-state index >= 15 is 0 Å². The van der Waals surface area contributed by atoms with Gasteiger partial charge < -0.3 is 15.0 Å². The van der Waals surface area contributed by atoms with Crippen LogP contribution in [0.15, 0.2) is 6.20 Å². The molecular weight excluding hydrogens is 230 g/mol. The highest BCUT2D eigenvalue weighted by atomic mass is 16.4. The number of carbonyl (C=O) groups is 1. The van der Waals surface area contributed by atoms with Crippen molar-refractivity contribution in [2.75, 3.05) is 0 Å². The Balaban J connectivity index is 2.07. The molecule has 0 spiro atoms. The van der Waals surface area contributed by atoms with Gasteiger partial charge in [-0.3, -0.25) is 0 Å². The van der Waals surface area contributed by atoms with Crippen molar-refractivity contribution < 1.29 is 9.90 Å². The molecule has 0 saturated heterocycles. The Morgan fingerprint density at radius 3 is 2.78 bits per heavy atom. The number of aromatic carboxylic acids is 1. The van der Waals surface area contributed by atoms with Gasteiger partial charge in [0.2, 0.25) is 0 Å². The van der Waals surface area contributed by atoms with Crippen molar-refractivity contribution in [3.8, 4) is 0 Å². The molecule has 0 aliphatic heterocycles. The summed E-state index contributed by atoms with van der Waals surface area (Å²) in [5.74, 6) is -0.147. The summed E-state index contributed by atoms with van der Waals surface area (Å²) in [6, 6.07) is 0.793. The molecule has 1 aliphatic carbocycles. The average Bonchev–Trinajstić information content (AvgIpc) is 2.95. The fourth-order valence-corrected chi connectivity index (χ4v) is 2.48. The summed E-state index contributed by atoms with van der Waals surface area (Å²) in [4.78, 5) is 15.1. The lowest BCUT2D eigenvalue weighted by molar-refractivity contribution is 0.0691. The first-order valence-corrected chi connectivity index (χ1v) is 6.62. The molecule has 1 aromatic heterocycles. The van der Waals surface area contributed by atoms with Crippen LogP contribution >= 0.6 is 0 Å². The molecule has 0 aromatic carbocycles. The maximum Gasteiger partial charge on any atom is 0.356 e. The smallest absolute Gasteiger partial charge is 0.356 e. The van der Waals surface area contributed by atoms with Crippen molar-refractivity contribution in [1.29, 1.82) is 0 Å². The molecule has 1 heterocycles. The zero-order valence-corrected chi connectivity index (χ0v) is 11.0. The molecule has 5 nitrogen and oxygen atoms in total. The van der Waals surface area contributed by atoms with Crippen molar-refractivity contribution in [3.05, 3.63) is 17.7 Å². The normalized spacial score (nSPS) is 16.6. The topological polar surface area (TPSA) is 67.2 Å². The first kappa shape index (κ1) is 13.1. The van der Waals surface area contributed by atoms with Crippen LogP contribution in [0.25, 0.3) is 0 Å². The van der Waals surface area contributed by atoms with Crippen LogP contribution in [-0.2, 0) is 6.54 Å².